The predicted molar refractivity (Wildman–Crippen MR) is 27.9 cm³/mol. The molecule has 0 fully saturated rings. The van der Waals surface area contributed by atoms with Crippen LogP contribution in [0, 0.1) is 0 Å². The van der Waals surface area contributed by atoms with Gasteiger partial charge in [0.2, 0.25) is 0 Å². The zero-order valence-electron chi connectivity index (χ0n) is 3.99. The zero-order chi connectivity index (χ0) is 0. The Kier molecular flexibility index (Phi) is 96.5. The van der Waals surface area contributed by atoms with Gasteiger partial charge in [-0.25, -0.2) is 0 Å². The standard InChI is InChI=1S/Al.Bi.Sr.Y.8H/q;;+2;;;;;;;;2*-1. The quantitative estimate of drug-likeness (QED) is 0.380. The zero-order valence-corrected chi connectivity index (χ0v) is 13.8. The maximum absolute atomic E-state index is 0. The molecule has 0 aliphatic rings. The largest absolute Gasteiger partial charge is 2.00 e. The van der Waals surface area contributed by atoms with Gasteiger partial charge in [0.1, 0.15) is 0 Å². The fraction of sp³-hybridized carbons (Fsp3) is 0. The molecular formula is H8AlBiSrY. The molecule has 0 unspecified atom stereocenters. The van der Waals surface area contributed by atoms with Crippen LogP contribution in [-0.2, 0) is 32.7 Å². The molecule has 0 rings (SSSR count). The number of hydrogen-bond donors (Lipinski definition) is 0. The Hall–Kier alpha value is 4.00. The van der Waals surface area contributed by atoms with Crippen LogP contribution in [-0.4, -0.2) is 89.0 Å². The molecule has 0 aliphatic carbocycles. The van der Waals surface area contributed by atoms with Crippen LogP contribution in [0.15, 0.2) is 0 Å². The fourth-order valence-corrected chi connectivity index (χ4v) is 0. The smallest absolute Gasteiger partial charge is 1.00 e. The van der Waals surface area contributed by atoms with E-state index in [4.69, 9.17) is 0 Å². The molecule has 0 heterocycles. The van der Waals surface area contributed by atoms with Crippen molar-refractivity contribution in [2.45, 2.75) is 0 Å². The third-order valence-corrected chi connectivity index (χ3v) is 0. The third kappa shape index (κ3) is 9.38. The van der Waals surface area contributed by atoms with Crippen molar-refractivity contribution in [3.63, 3.8) is 0 Å². The maximum atomic E-state index is 0. The minimum atomic E-state index is 0. The second-order valence-electron chi connectivity index (χ2n) is 0. The Labute approximate surface area is 121 Å². The van der Waals surface area contributed by atoms with Crippen LogP contribution in [0.25, 0.3) is 0 Å². The molecule has 4 heavy (non-hydrogen) atoms. The molecule has 0 N–H and O–H groups in total. The van der Waals surface area contributed by atoms with Crippen LogP contribution in [0.2, 0.25) is 0 Å². The molecule has 4 heteroatoms. The van der Waals surface area contributed by atoms with E-state index >= 15 is 0 Å². The molecule has 0 amide bonds. The van der Waals surface area contributed by atoms with Gasteiger partial charge in [-0.2, -0.15) is 0 Å². The van der Waals surface area contributed by atoms with Gasteiger partial charge >= 0.3 is 71.7 Å². The Morgan fingerprint density at radius 1 is 1.25 bits per heavy atom. The summed E-state index contributed by atoms with van der Waals surface area (Å²) in [7, 11) is 0. The van der Waals surface area contributed by atoms with Crippen molar-refractivity contribution in [1.82, 2.24) is 0 Å². The summed E-state index contributed by atoms with van der Waals surface area (Å²) >= 11 is 0. The van der Waals surface area contributed by atoms with E-state index in [9.17, 15) is 0 Å². The van der Waals surface area contributed by atoms with Gasteiger partial charge in [0.25, 0.3) is 0 Å². The minimum Gasteiger partial charge on any atom is -1.00 e. The first kappa shape index (κ1) is 24.5. The van der Waals surface area contributed by atoms with Gasteiger partial charge in [0.05, 0.1) is 0 Å². The van der Waals surface area contributed by atoms with E-state index in [0.29, 0.717) is 0 Å². The van der Waals surface area contributed by atoms with Gasteiger partial charge in [-0.3, -0.25) is 0 Å². The first-order valence-corrected chi connectivity index (χ1v) is 0. The molecule has 0 bridgehead atoms. The molecule has 0 aromatic carbocycles. The summed E-state index contributed by atoms with van der Waals surface area (Å²) in [5.41, 5.74) is 0. The van der Waals surface area contributed by atoms with Crippen molar-refractivity contribution in [3.8, 4) is 0 Å². The topological polar surface area (TPSA) is 0 Å². The Bertz CT molecular complexity index is 13.5. The van der Waals surface area contributed by atoms with Gasteiger partial charge in [-0.1, -0.05) is 0 Å². The van der Waals surface area contributed by atoms with Gasteiger partial charge in [0, 0.05) is 32.7 Å². The second-order valence-corrected chi connectivity index (χ2v) is 0. The van der Waals surface area contributed by atoms with Crippen molar-refractivity contribution in [1.29, 1.82) is 0 Å². The average molecular weight is 421 g/mol. The van der Waals surface area contributed by atoms with E-state index in [-0.39, 0.29) is 125 Å². The van der Waals surface area contributed by atoms with Gasteiger partial charge in [0.15, 0.2) is 17.4 Å². The van der Waals surface area contributed by atoms with Crippen LogP contribution in [0.5, 0.6) is 0 Å². The summed E-state index contributed by atoms with van der Waals surface area (Å²) in [4.78, 5) is 0. The van der Waals surface area contributed by atoms with Gasteiger partial charge in [-0.15, -0.1) is 0 Å². The molecule has 0 aromatic rings. The monoisotopic (exact) mass is 421 g/mol. The molecular weight excluding hydrogens is 412 g/mol. The van der Waals surface area contributed by atoms with Crippen LogP contribution in [0.3, 0.4) is 0 Å². The van der Waals surface area contributed by atoms with E-state index < -0.39 is 0 Å². The molecule has 0 aromatic heterocycles. The molecule has 0 atom stereocenters. The van der Waals surface area contributed by atoms with Crippen molar-refractivity contribution in [2.24, 2.45) is 0 Å². The molecule has 0 saturated carbocycles. The molecule has 1 radical (unpaired) electrons. The maximum Gasteiger partial charge on any atom is 2.00 e. The second kappa shape index (κ2) is 15.8. The predicted octanol–water partition coefficient (Wildman–Crippen LogP) is -2.53. The van der Waals surface area contributed by atoms with Crippen LogP contribution in [0.4, 0.5) is 0 Å². The molecule has 21 valence electrons. The van der Waals surface area contributed by atoms with E-state index in [1.165, 1.54) is 0 Å². The Morgan fingerprint density at radius 3 is 1.25 bits per heavy atom. The SMILES string of the molecule is [AlH3].[BiH3].[H-].[H-].[Sr+2].[Y]. The molecule has 0 aliphatic heterocycles. The average Bonchev–Trinajstić information content (AvgIpc) is 0. The van der Waals surface area contributed by atoms with E-state index in [1.54, 1.807) is 0 Å². The summed E-state index contributed by atoms with van der Waals surface area (Å²) in [5.74, 6) is 0. The molecule has 0 spiro atoms. The summed E-state index contributed by atoms with van der Waals surface area (Å²) in [5, 5.41) is 0. The van der Waals surface area contributed by atoms with Crippen LogP contribution in [0.1, 0.15) is 2.85 Å². The summed E-state index contributed by atoms with van der Waals surface area (Å²) in [6.07, 6.45) is 0. The number of hydrogen-bond acceptors (Lipinski definition) is 0. The van der Waals surface area contributed by atoms with Gasteiger partial charge in [-0.05, 0) is 0 Å². The first-order valence-electron chi connectivity index (χ1n) is 0. The van der Waals surface area contributed by atoms with Crippen LogP contribution < -0.4 is 0 Å². The fourth-order valence-electron chi connectivity index (χ4n) is 0. The first-order chi connectivity index (χ1) is 0. The normalized spacial score (nSPS) is 0. The van der Waals surface area contributed by atoms with Crippen molar-refractivity contribution in [3.05, 3.63) is 0 Å². The summed E-state index contributed by atoms with van der Waals surface area (Å²) < 4.78 is 0. The van der Waals surface area contributed by atoms with Crippen molar-refractivity contribution in [2.75, 3.05) is 0 Å². The van der Waals surface area contributed by atoms with Crippen molar-refractivity contribution >= 4 is 89.0 Å². The summed E-state index contributed by atoms with van der Waals surface area (Å²) in [6.45, 7) is 0. The Morgan fingerprint density at radius 2 is 1.25 bits per heavy atom. The van der Waals surface area contributed by atoms with Crippen molar-refractivity contribution < 1.29 is 35.6 Å². The Balaban J connectivity index is 0. The molecule has 0 saturated heterocycles. The van der Waals surface area contributed by atoms with E-state index in [0.717, 1.165) is 0 Å². The number of rotatable bonds is 0. The van der Waals surface area contributed by atoms with E-state index in [1.807, 2.05) is 0 Å². The third-order valence-electron chi connectivity index (χ3n) is 0. The van der Waals surface area contributed by atoms with Crippen LogP contribution >= 0.6 is 0 Å². The van der Waals surface area contributed by atoms with E-state index in [2.05, 4.69) is 0 Å². The van der Waals surface area contributed by atoms with Gasteiger partial charge < -0.3 is 2.85 Å². The minimum absolute atomic E-state index is 0. The molecule has 0 nitrogen and oxygen atoms in total. The summed E-state index contributed by atoms with van der Waals surface area (Å²) in [6, 6.07) is 0.